The second-order valence-corrected chi connectivity index (χ2v) is 4.38. The summed E-state index contributed by atoms with van der Waals surface area (Å²) in [5.74, 6) is 0. The van der Waals surface area contributed by atoms with Gasteiger partial charge in [0, 0.05) is 19.3 Å². The molecule has 1 aromatic rings. The summed E-state index contributed by atoms with van der Waals surface area (Å²) in [6.45, 7) is 9.04. The maximum Gasteiger partial charge on any atom is 0.0626 e. The van der Waals surface area contributed by atoms with Crippen LogP contribution in [0.4, 0.5) is 0 Å². The number of nitrogens with zero attached hydrogens (tertiary/aromatic N) is 2. The Balaban J connectivity index is 2.25. The van der Waals surface area contributed by atoms with Crippen molar-refractivity contribution in [2.45, 2.75) is 39.2 Å². The molecule has 3 nitrogen and oxygen atoms in total. The fourth-order valence-electron chi connectivity index (χ4n) is 1.82. The van der Waals surface area contributed by atoms with Crippen LogP contribution in [0.2, 0.25) is 0 Å². The van der Waals surface area contributed by atoms with Gasteiger partial charge in [0.05, 0.1) is 5.69 Å². The molecule has 0 radical (unpaired) electrons. The summed E-state index contributed by atoms with van der Waals surface area (Å²) < 4.78 is 1.88. The molecule has 1 N–H and O–H groups in total. The first-order chi connectivity index (χ1) is 7.63. The molecule has 16 heavy (non-hydrogen) atoms. The maximum atomic E-state index is 4.33. The minimum Gasteiger partial charge on any atom is -0.314 e. The molecule has 0 amide bonds. The highest BCUT2D eigenvalue weighted by Crippen LogP contribution is 2.05. The molecule has 0 bridgehead atoms. The zero-order chi connectivity index (χ0) is 12.0. The average molecular weight is 221 g/mol. The van der Waals surface area contributed by atoms with Crippen molar-refractivity contribution < 1.29 is 0 Å². The molecule has 0 aromatic carbocycles. The molecule has 0 aliphatic rings. The molecule has 1 unspecified atom stereocenters. The molecule has 0 aliphatic carbocycles. The third kappa shape index (κ3) is 4.19. The lowest BCUT2D eigenvalue weighted by molar-refractivity contribution is 0.521. The number of hydrogen-bond donors (Lipinski definition) is 1. The SMILES string of the molecule is C=CCCC(C)NCCc1cn(C)nc1C. The standard InChI is InChI=1S/C13H23N3/c1-5-6-7-11(2)14-9-8-13-10-16(4)15-12(13)3/h5,10-11,14H,1,6-9H2,2-4H3. The van der Waals surface area contributed by atoms with Gasteiger partial charge in [-0.05, 0) is 45.2 Å². The number of allylic oxidation sites excluding steroid dienone is 1. The van der Waals surface area contributed by atoms with E-state index in [0.717, 1.165) is 31.5 Å². The van der Waals surface area contributed by atoms with E-state index >= 15 is 0 Å². The lowest BCUT2D eigenvalue weighted by Crippen LogP contribution is -2.27. The summed E-state index contributed by atoms with van der Waals surface area (Å²) in [7, 11) is 1.97. The summed E-state index contributed by atoms with van der Waals surface area (Å²) in [4.78, 5) is 0. The highest BCUT2D eigenvalue weighted by Gasteiger charge is 2.04. The Morgan fingerprint density at radius 2 is 2.38 bits per heavy atom. The Labute approximate surface area is 98.5 Å². The van der Waals surface area contributed by atoms with Crippen molar-refractivity contribution in [1.29, 1.82) is 0 Å². The van der Waals surface area contributed by atoms with Crippen LogP contribution in [0.5, 0.6) is 0 Å². The molecular formula is C13H23N3. The minimum absolute atomic E-state index is 0.565. The monoisotopic (exact) mass is 221 g/mol. The average Bonchev–Trinajstić information content (AvgIpc) is 2.55. The second-order valence-electron chi connectivity index (χ2n) is 4.38. The van der Waals surface area contributed by atoms with Crippen molar-refractivity contribution in [2.24, 2.45) is 7.05 Å². The van der Waals surface area contributed by atoms with Gasteiger partial charge in [-0.1, -0.05) is 6.08 Å². The van der Waals surface area contributed by atoms with Crippen LogP contribution >= 0.6 is 0 Å². The van der Waals surface area contributed by atoms with Gasteiger partial charge in [-0.15, -0.1) is 6.58 Å². The van der Waals surface area contributed by atoms with E-state index in [4.69, 9.17) is 0 Å². The van der Waals surface area contributed by atoms with Gasteiger partial charge in [-0.3, -0.25) is 4.68 Å². The van der Waals surface area contributed by atoms with Crippen LogP contribution in [0.1, 0.15) is 31.0 Å². The molecular weight excluding hydrogens is 198 g/mol. The fraction of sp³-hybridized carbons (Fsp3) is 0.615. The van der Waals surface area contributed by atoms with Crippen molar-refractivity contribution >= 4 is 0 Å². The van der Waals surface area contributed by atoms with Crippen molar-refractivity contribution in [3.63, 3.8) is 0 Å². The Morgan fingerprint density at radius 3 is 2.94 bits per heavy atom. The molecule has 0 saturated carbocycles. The lowest BCUT2D eigenvalue weighted by atomic mass is 10.1. The van der Waals surface area contributed by atoms with E-state index in [1.165, 1.54) is 5.56 Å². The van der Waals surface area contributed by atoms with Crippen LogP contribution < -0.4 is 5.32 Å². The van der Waals surface area contributed by atoms with Crippen LogP contribution in [-0.4, -0.2) is 22.4 Å². The number of rotatable bonds is 7. The third-order valence-electron chi connectivity index (χ3n) is 2.81. The lowest BCUT2D eigenvalue weighted by Gasteiger charge is -2.12. The zero-order valence-corrected chi connectivity index (χ0v) is 10.7. The van der Waals surface area contributed by atoms with Crippen molar-refractivity contribution in [3.8, 4) is 0 Å². The largest absolute Gasteiger partial charge is 0.314 e. The van der Waals surface area contributed by atoms with Gasteiger partial charge in [0.2, 0.25) is 0 Å². The molecule has 90 valence electrons. The number of aryl methyl sites for hydroxylation is 2. The second kappa shape index (κ2) is 6.48. The number of nitrogens with one attached hydrogen (secondary N) is 1. The highest BCUT2D eigenvalue weighted by atomic mass is 15.2. The third-order valence-corrected chi connectivity index (χ3v) is 2.81. The molecule has 0 spiro atoms. The van der Waals surface area contributed by atoms with Gasteiger partial charge in [-0.2, -0.15) is 5.10 Å². The first-order valence-corrected chi connectivity index (χ1v) is 5.97. The van der Waals surface area contributed by atoms with E-state index in [1.807, 2.05) is 17.8 Å². The summed E-state index contributed by atoms with van der Waals surface area (Å²) in [6, 6.07) is 0.565. The predicted molar refractivity (Wildman–Crippen MR) is 68.5 cm³/mol. The number of aromatic nitrogens is 2. The Hall–Kier alpha value is -1.09. The van der Waals surface area contributed by atoms with Crippen LogP contribution in [-0.2, 0) is 13.5 Å². The van der Waals surface area contributed by atoms with Gasteiger partial charge in [0.25, 0.3) is 0 Å². The predicted octanol–water partition coefficient (Wildman–Crippen LogP) is 2.22. The van der Waals surface area contributed by atoms with Crippen molar-refractivity contribution in [1.82, 2.24) is 15.1 Å². The minimum atomic E-state index is 0.565. The highest BCUT2D eigenvalue weighted by molar-refractivity contribution is 5.15. The van der Waals surface area contributed by atoms with E-state index < -0.39 is 0 Å². The summed E-state index contributed by atoms with van der Waals surface area (Å²) in [5.41, 5.74) is 2.48. The van der Waals surface area contributed by atoms with Gasteiger partial charge in [0.1, 0.15) is 0 Å². The van der Waals surface area contributed by atoms with E-state index in [9.17, 15) is 0 Å². The Kier molecular flexibility index (Phi) is 5.26. The Morgan fingerprint density at radius 1 is 1.62 bits per heavy atom. The summed E-state index contributed by atoms with van der Waals surface area (Å²) >= 11 is 0. The quantitative estimate of drug-likeness (QED) is 0.715. The molecule has 0 aliphatic heterocycles. The molecule has 1 atom stereocenters. The Bertz CT molecular complexity index is 328. The first kappa shape index (κ1) is 13.0. The molecule has 1 aromatic heterocycles. The van der Waals surface area contributed by atoms with E-state index in [-0.39, 0.29) is 0 Å². The van der Waals surface area contributed by atoms with Crippen molar-refractivity contribution in [3.05, 3.63) is 30.1 Å². The fourth-order valence-corrected chi connectivity index (χ4v) is 1.82. The summed E-state index contributed by atoms with van der Waals surface area (Å²) in [5, 5.41) is 7.85. The molecule has 1 heterocycles. The van der Waals surface area contributed by atoms with Crippen LogP contribution in [0.25, 0.3) is 0 Å². The molecule has 3 heteroatoms. The first-order valence-electron chi connectivity index (χ1n) is 5.97. The van der Waals surface area contributed by atoms with Gasteiger partial charge < -0.3 is 5.32 Å². The zero-order valence-electron chi connectivity index (χ0n) is 10.7. The van der Waals surface area contributed by atoms with Gasteiger partial charge >= 0.3 is 0 Å². The van der Waals surface area contributed by atoms with Gasteiger partial charge in [0.15, 0.2) is 0 Å². The van der Waals surface area contributed by atoms with Gasteiger partial charge in [-0.25, -0.2) is 0 Å². The smallest absolute Gasteiger partial charge is 0.0626 e. The number of hydrogen-bond acceptors (Lipinski definition) is 2. The molecule has 1 rings (SSSR count). The van der Waals surface area contributed by atoms with E-state index in [1.54, 1.807) is 0 Å². The molecule has 0 fully saturated rings. The normalized spacial score (nSPS) is 12.7. The maximum absolute atomic E-state index is 4.33. The van der Waals surface area contributed by atoms with Crippen LogP contribution in [0.3, 0.4) is 0 Å². The van der Waals surface area contributed by atoms with Crippen LogP contribution in [0, 0.1) is 6.92 Å². The van der Waals surface area contributed by atoms with Crippen molar-refractivity contribution in [2.75, 3.05) is 6.54 Å². The summed E-state index contributed by atoms with van der Waals surface area (Å²) in [6.07, 6.45) is 7.38. The van der Waals surface area contributed by atoms with E-state index in [2.05, 4.69) is 37.0 Å². The van der Waals surface area contributed by atoms with Crippen LogP contribution in [0.15, 0.2) is 18.9 Å². The van der Waals surface area contributed by atoms with E-state index in [0.29, 0.717) is 6.04 Å². The molecule has 0 saturated heterocycles. The topological polar surface area (TPSA) is 29.9 Å².